The molecule has 0 radical (unpaired) electrons. The van der Waals surface area contributed by atoms with E-state index in [0.29, 0.717) is 0 Å². The van der Waals surface area contributed by atoms with Crippen molar-refractivity contribution in [2.75, 3.05) is 4.90 Å². The summed E-state index contributed by atoms with van der Waals surface area (Å²) in [5.41, 5.74) is 7.59. The number of fused-ring (bicyclic) bond motifs is 10. The molecule has 0 saturated carbocycles. The Kier molecular flexibility index (Phi) is 5.65. The number of benzene rings is 7. The van der Waals surface area contributed by atoms with E-state index in [2.05, 4.69) is 157 Å². The minimum Gasteiger partial charge on any atom is -0.456 e. The maximum Gasteiger partial charge on any atom is 0.137 e. The molecule has 4 heteroatoms. The van der Waals surface area contributed by atoms with Crippen LogP contribution >= 0.6 is 22.7 Å². The highest BCUT2D eigenvalue weighted by Crippen LogP contribution is 2.50. The van der Waals surface area contributed by atoms with Crippen LogP contribution in [0.25, 0.3) is 73.4 Å². The van der Waals surface area contributed by atoms with E-state index in [1.54, 1.807) is 0 Å². The molecular formula is C42H25NOS2. The zero-order valence-electron chi connectivity index (χ0n) is 24.6. The van der Waals surface area contributed by atoms with E-state index in [9.17, 15) is 0 Å². The van der Waals surface area contributed by atoms with Crippen LogP contribution < -0.4 is 4.90 Å². The molecule has 0 amide bonds. The van der Waals surface area contributed by atoms with E-state index < -0.39 is 0 Å². The molecule has 10 aromatic rings. The maximum atomic E-state index is 6.62. The van der Waals surface area contributed by atoms with Crippen molar-refractivity contribution in [3.63, 3.8) is 0 Å². The van der Waals surface area contributed by atoms with E-state index in [-0.39, 0.29) is 0 Å². The first-order chi connectivity index (χ1) is 22.8. The van der Waals surface area contributed by atoms with Crippen LogP contribution in [0, 0.1) is 0 Å². The SMILES string of the molecule is c1ccc(-c2ccc(N(c3cccc4sc5ccccc5c34)c3cccc4oc5ccc6c7ccccc7sc6c5c34)cc2)cc1. The topological polar surface area (TPSA) is 16.4 Å². The molecule has 2 nitrogen and oxygen atoms in total. The Bertz CT molecular complexity index is 2750. The smallest absolute Gasteiger partial charge is 0.137 e. The van der Waals surface area contributed by atoms with Gasteiger partial charge >= 0.3 is 0 Å². The lowest BCUT2D eigenvalue weighted by molar-refractivity contribution is 0.669. The molecule has 3 heterocycles. The van der Waals surface area contributed by atoms with Crippen LogP contribution in [-0.2, 0) is 0 Å². The van der Waals surface area contributed by atoms with Gasteiger partial charge in [-0.1, -0.05) is 91.0 Å². The number of hydrogen-bond donors (Lipinski definition) is 0. The van der Waals surface area contributed by atoms with Gasteiger partial charge in [0, 0.05) is 51.4 Å². The summed E-state index contributed by atoms with van der Waals surface area (Å²) in [6.45, 7) is 0. The van der Waals surface area contributed by atoms with Gasteiger partial charge < -0.3 is 9.32 Å². The van der Waals surface area contributed by atoms with Gasteiger partial charge in [0.2, 0.25) is 0 Å². The molecule has 10 rings (SSSR count). The minimum atomic E-state index is 0.894. The molecule has 0 bridgehead atoms. The quantitative estimate of drug-likeness (QED) is 0.194. The molecule has 3 aromatic heterocycles. The first-order valence-electron chi connectivity index (χ1n) is 15.4. The van der Waals surface area contributed by atoms with Crippen molar-refractivity contribution in [2.24, 2.45) is 0 Å². The molecule has 0 spiro atoms. The molecule has 0 saturated heterocycles. The third-order valence-electron chi connectivity index (χ3n) is 9.08. The summed E-state index contributed by atoms with van der Waals surface area (Å²) in [5.74, 6) is 0. The fourth-order valence-corrected chi connectivity index (χ4v) is 9.41. The minimum absolute atomic E-state index is 0.894. The van der Waals surface area contributed by atoms with Gasteiger partial charge in [0.05, 0.1) is 16.8 Å². The highest BCUT2D eigenvalue weighted by molar-refractivity contribution is 7.27. The molecule has 46 heavy (non-hydrogen) atoms. The normalized spacial score (nSPS) is 11.9. The van der Waals surface area contributed by atoms with E-state index in [0.717, 1.165) is 33.6 Å². The van der Waals surface area contributed by atoms with Crippen LogP contribution in [0.4, 0.5) is 17.1 Å². The van der Waals surface area contributed by atoms with Crippen LogP contribution in [0.2, 0.25) is 0 Å². The second-order valence-corrected chi connectivity index (χ2v) is 13.8. The summed E-state index contributed by atoms with van der Waals surface area (Å²) in [4.78, 5) is 2.44. The predicted molar refractivity (Wildman–Crippen MR) is 200 cm³/mol. The average Bonchev–Trinajstić information content (AvgIpc) is 3.81. The fraction of sp³-hybridized carbons (Fsp3) is 0. The Morgan fingerprint density at radius 3 is 1.85 bits per heavy atom. The first-order valence-corrected chi connectivity index (χ1v) is 17.1. The lowest BCUT2D eigenvalue weighted by atomic mass is 10.0. The summed E-state index contributed by atoms with van der Waals surface area (Å²) in [7, 11) is 0. The Balaban J connectivity index is 1.31. The van der Waals surface area contributed by atoms with Crippen LogP contribution in [0.5, 0.6) is 0 Å². The zero-order chi connectivity index (χ0) is 30.2. The van der Waals surface area contributed by atoms with Crippen molar-refractivity contribution in [3.05, 3.63) is 152 Å². The lowest BCUT2D eigenvalue weighted by Crippen LogP contribution is -2.10. The third-order valence-corrected chi connectivity index (χ3v) is 11.4. The lowest BCUT2D eigenvalue weighted by Gasteiger charge is -2.27. The van der Waals surface area contributed by atoms with Gasteiger partial charge in [-0.2, -0.15) is 0 Å². The van der Waals surface area contributed by atoms with Gasteiger partial charge in [0.25, 0.3) is 0 Å². The maximum absolute atomic E-state index is 6.62. The van der Waals surface area contributed by atoms with Crippen LogP contribution in [0.15, 0.2) is 156 Å². The number of rotatable bonds is 4. The second kappa shape index (κ2) is 10.0. The number of furan rings is 1. The summed E-state index contributed by atoms with van der Waals surface area (Å²) in [6, 6.07) is 54.6. The highest BCUT2D eigenvalue weighted by atomic mass is 32.1. The van der Waals surface area contributed by atoms with Crippen molar-refractivity contribution >= 4 is 102 Å². The number of anilines is 3. The van der Waals surface area contributed by atoms with Crippen LogP contribution in [-0.4, -0.2) is 0 Å². The number of thiophene rings is 2. The zero-order valence-corrected chi connectivity index (χ0v) is 26.2. The Hall–Kier alpha value is -5.42. The molecule has 0 fully saturated rings. The van der Waals surface area contributed by atoms with Crippen LogP contribution in [0.3, 0.4) is 0 Å². The second-order valence-electron chi connectivity index (χ2n) is 11.7. The van der Waals surface area contributed by atoms with Crippen molar-refractivity contribution < 1.29 is 4.42 Å². The van der Waals surface area contributed by atoms with Gasteiger partial charge in [-0.25, -0.2) is 0 Å². The Labute approximate surface area is 273 Å². The monoisotopic (exact) mass is 623 g/mol. The molecule has 0 aliphatic rings. The predicted octanol–water partition coefficient (Wildman–Crippen LogP) is 13.5. The fourth-order valence-electron chi connectivity index (χ4n) is 7.04. The average molecular weight is 624 g/mol. The van der Waals surface area contributed by atoms with Crippen molar-refractivity contribution in [1.29, 1.82) is 0 Å². The van der Waals surface area contributed by atoms with Gasteiger partial charge in [-0.05, 0) is 71.8 Å². The molecular weight excluding hydrogens is 599 g/mol. The molecule has 0 aliphatic carbocycles. The van der Waals surface area contributed by atoms with Crippen molar-refractivity contribution in [3.8, 4) is 11.1 Å². The van der Waals surface area contributed by atoms with Gasteiger partial charge in [0.1, 0.15) is 11.2 Å². The molecule has 216 valence electrons. The van der Waals surface area contributed by atoms with Gasteiger partial charge in [0.15, 0.2) is 0 Å². The molecule has 0 aliphatic heterocycles. The molecule has 7 aromatic carbocycles. The standard InChI is InChI=1S/C42H25NOS2/c1-2-10-26(11-3-1)27-20-22-28(23-21-27)43(32-15-9-19-38-39(32)31-13-5-7-18-37(31)45-38)33-14-8-16-34-40(33)41-35(44-34)25-24-30-29-12-4-6-17-36(29)46-42(30)41/h1-25H. The highest BCUT2D eigenvalue weighted by Gasteiger charge is 2.24. The molecule has 0 atom stereocenters. The molecule has 0 unspecified atom stereocenters. The van der Waals surface area contributed by atoms with E-state index in [1.807, 2.05) is 22.7 Å². The van der Waals surface area contributed by atoms with Crippen molar-refractivity contribution in [2.45, 2.75) is 0 Å². The van der Waals surface area contributed by atoms with Gasteiger partial charge in [-0.15, -0.1) is 22.7 Å². The van der Waals surface area contributed by atoms with Crippen LogP contribution in [0.1, 0.15) is 0 Å². The summed E-state index contributed by atoms with van der Waals surface area (Å²) < 4.78 is 11.8. The van der Waals surface area contributed by atoms with E-state index >= 15 is 0 Å². The summed E-state index contributed by atoms with van der Waals surface area (Å²) >= 11 is 3.70. The summed E-state index contributed by atoms with van der Waals surface area (Å²) in [5, 5.41) is 7.43. The van der Waals surface area contributed by atoms with E-state index in [4.69, 9.17) is 4.42 Å². The third kappa shape index (κ3) is 3.81. The van der Waals surface area contributed by atoms with Gasteiger partial charge in [-0.3, -0.25) is 0 Å². The Morgan fingerprint density at radius 1 is 0.391 bits per heavy atom. The largest absolute Gasteiger partial charge is 0.456 e. The molecule has 0 N–H and O–H groups in total. The van der Waals surface area contributed by atoms with Crippen molar-refractivity contribution in [1.82, 2.24) is 0 Å². The Morgan fingerprint density at radius 2 is 1.02 bits per heavy atom. The number of nitrogens with zero attached hydrogens (tertiary/aromatic N) is 1. The number of hydrogen-bond acceptors (Lipinski definition) is 4. The first kappa shape index (κ1) is 25.9. The van der Waals surface area contributed by atoms with E-state index in [1.165, 1.54) is 56.9 Å². The summed E-state index contributed by atoms with van der Waals surface area (Å²) in [6.07, 6.45) is 0.